The summed E-state index contributed by atoms with van der Waals surface area (Å²) in [6, 6.07) is 9.14. The molecule has 3 heterocycles. The monoisotopic (exact) mass is 309 g/mol. The van der Waals surface area contributed by atoms with Gasteiger partial charge in [0.25, 0.3) is 0 Å². The number of aromatic carboxylic acids is 1. The zero-order valence-corrected chi connectivity index (χ0v) is 12.4. The van der Waals surface area contributed by atoms with Crippen LogP contribution >= 0.6 is 0 Å². The maximum atomic E-state index is 11.0. The number of hydrogen-bond acceptors (Lipinski definition) is 5. The number of rotatable bonds is 3. The second kappa shape index (κ2) is 5.39. The molecule has 4 rings (SSSR count). The Balaban J connectivity index is 1.73. The van der Waals surface area contributed by atoms with Crippen LogP contribution in [0.5, 0.6) is 0 Å². The van der Waals surface area contributed by atoms with Gasteiger partial charge in [0.05, 0.1) is 0 Å². The molecular weight excluding hydrogens is 294 g/mol. The highest BCUT2D eigenvalue weighted by Crippen LogP contribution is 2.28. The molecule has 0 bridgehead atoms. The quantitative estimate of drug-likeness (QED) is 0.800. The van der Waals surface area contributed by atoms with E-state index < -0.39 is 5.97 Å². The summed E-state index contributed by atoms with van der Waals surface area (Å²) in [6.07, 6.45) is 3.89. The number of pyridine rings is 1. The van der Waals surface area contributed by atoms with Gasteiger partial charge in [0.2, 0.25) is 5.89 Å². The number of nitrogens with zero attached hydrogens (tertiary/aromatic N) is 3. The van der Waals surface area contributed by atoms with Crippen LogP contribution in [-0.2, 0) is 0 Å². The lowest BCUT2D eigenvalue weighted by molar-refractivity contribution is 0.0690. The average molecular weight is 309 g/mol. The first-order chi connectivity index (χ1) is 11.2. The fourth-order valence-electron chi connectivity index (χ4n) is 2.89. The van der Waals surface area contributed by atoms with Crippen LogP contribution in [0.2, 0.25) is 0 Å². The Morgan fingerprint density at radius 3 is 2.78 bits per heavy atom. The van der Waals surface area contributed by atoms with Gasteiger partial charge in [-0.1, -0.05) is 0 Å². The largest absolute Gasteiger partial charge is 0.477 e. The van der Waals surface area contributed by atoms with Crippen molar-refractivity contribution in [1.82, 2.24) is 9.97 Å². The standard InChI is InChI=1S/C17H15N3O3/c21-17(22)14-9-11(5-6-18-14)16-19-13-10-12(3-4-15(13)23-16)20-7-1-2-8-20/h3-6,9-10H,1-2,7-8H2,(H,21,22). The molecule has 1 aliphatic rings. The topological polar surface area (TPSA) is 79.5 Å². The van der Waals surface area contributed by atoms with Crippen molar-refractivity contribution < 1.29 is 14.3 Å². The van der Waals surface area contributed by atoms with E-state index in [1.54, 1.807) is 6.07 Å². The van der Waals surface area contributed by atoms with Gasteiger partial charge in [0, 0.05) is 30.5 Å². The number of anilines is 1. The molecule has 0 aliphatic carbocycles. The Hall–Kier alpha value is -2.89. The van der Waals surface area contributed by atoms with Crippen LogP contribution in [0, 0.1) is 0 Å². The van der Waals surface area contributed by atoms with Gasteiger partial charge in [-0.15, -0.1) is 0 Å². The summed E-state index contributed by atoms with van der Waals surface area (Å²) >= 11 is 0. The second-order valence-corrected chi connectivity index (χ2v) is 5.60. The summed E-state index contributed by atoms with van der Waals surface area (Å²) in [5.74, 6) is -0.664. The van der Waals surface area contributed by atoms with E-state index in [4.69, 9.17) is 9.52 Å². The number of carboxylic acid groups (broad SMARTS) is 1. The molecule has 6 heteroatoms. The summed E-state index contributed by atoms with van der Waals surface area (Å²) < 4.78 is 5.76. The SMILES string of the molecule is O=C(O)c1cc(-c2nc3cc(N4CCCC4)ccc3o2)ccn1. The average Bonchev–Trinajstić information content (AvgIpc) is 3.23. The van der Waals surface area contributed by atoms with E-state index in [1.807, 2.05) is 18.2 Å². The van der Waals surface area contributed by atoms with Gasteiger partial charge in [0.15, 0.2) is 5.58 Å². The molecule has 1 saturated heterocycles. The number of fused-ring (bicyclic) bond motifs is 1. The minimum Gasteiger partial charge on any atom is -0.477 e. The van der Waals surface area contributed by atoms with Crippen LogP contribution in [0.4, 0.5) is 5.69 Å². The zero-order chi connectivity index (χ0) is 15.8. The van der Waals surface area contributed by atoms with Crippen molar-refractivity contribution in [2.45, 2.75) is 12.8 Å². The fourth-order valence-corrected chi connectivity index (χ4v) is 2.89. The Kier molecular flexibility index (Phi) is 3.22. The Morgan fingerprint density at radius 1 is 1.17 bits per heavy atom. The molecule has 2 aromatic heterocycles. The molecule has 0 unspecified atom stereocenters. The molecule has 1 aromatic carbocycles. The molecule has 0 saturated carbocycles. The molecule has 0 radical (unpaired) electrons. The van der Waals surface area contributed by atoms with Gasteiger partial charge in [-0.05, 0) is 43.2 Å². The van der Waals surface area contributed by atoms with Crippen molar-refractivity contribution in [3.8, 4) is 11.5 Å². The minimum absolute atomic E-state index is 0.0255. The van der Waals surface area contributed by atoms with E-state index >= 15 is 0 Å². The first-order valence-corrected chi connectivity index (χ1v) is 7.56. The van der Waals surface area contributed by atoms with Crippen molar-refractivity contribution in [2.24, 2.45) is 0 Å². The van der Waals surface area contributed by atoms with Crippen molar-refractivity contribution in [2.75, 3.05) is 18.0 Å². The van der Waals surface area contributed by atoms with Gasteiger partial charge < -0.3 is 14.4 Å². The van der Waals surface area contributed by atoms with E-state index in [0.29, 0.717) is 17.0 Å². The first kappa shape index (κ1) is 13.8. The molecule has 116 valence electrons. The van der Waals surface area contributed by atoms with Crippen molar-refractivity contribution in [1.29, 1.82) is 0 Å². The molecule has 1 N–H and O–H groups in total. The van der Waals surface area contributed by atoms with Gasteiger partial charge in [-0.2, -0.15) is 0 Å². The number of aromatic nitrogens is 2. The third-order valence-electron chi connectivity index (χ3n) is 4.07. The highest BCUT2D eigenvalue weighted by Gasteiger charge is 2.15. The number of carboxylic acids is 1. The van der Waals surface area contributed by atoms with Gasteiger partial charge in [-0.3, -0.25) is 0 Å². The number of carbonyl (C=O) groups is 1. The van der Waals surface area contributed by atoms with Crippen LogP contribution in [0.3, 0.4) is 0 Å². The van der Waals surface area contributed by atoms with E-state index in [1.165, 1.54) is 25.1 Å². The summed E-state index contributed by atoms with van der Waals surface area (Å²) in [6.45, 7) is 2.14. The molecule has 1 aliphatic heterocycles. The third kappa shape index (κ3) is 2.52. The third-order valence-corrected chi connectivity index (χ3v) is 4.07. The van der Waals surface area contributed by atoms with Gasteiger partial charge >= 0.3 is 5.97 Å². The lowest BCUT2D eigenvalue weighted by Crippen LogP contribution is -2.17. The van der Waals surface area contributed by atoms with Crippen LogP contribution in [0.1, 0.15) is 23.3 Å². The highest BCUT2D eigenvalue weighted by molar-refractivity contribution is 5.87. The number of oxazole rings is 1. The van der Waals surface area contributed by atoms with E-state index in [0.717, 1.165) is 24.3 Å². The Labute approximate surface area is 132 Å². The van der Waals surface area contributed by atoms with Crippen LogP contribution in [-0.4, -0.2) is 34.1 Å². The molecule has 23 heavy (non-hydrogen) atoms. The van der Waals surface area contributed by atoms with Crippen molar-refractivity contribution in [3.63, 3.8) is 0 Å². The predicted molar refractivity (Wildman–Crippen MR) is 85.6 cm³/mol. The molecular formula is C17H15N3O3. The van der Waals surface area contributed by atoms with E-state index in [-0.39, 0.29) is 5.69 Å². The summed E-state index contributed by atoms with van der Waals surface area (Å²) in [5, 5.41) is 9.03. The lowest BCUT2D eigenvalue weighted by Gasteiger charge is -2.16. The Bertz CT molecular complexity index is 882. The molecule has 6 nitrogen and oxygen atoms in total. The smallest absolute Gasteiger partial charge is 0.354 e. The second-order valence-electron chi connectivity index (χ2n) is 5.60. The van der Waals surface area contributed by atoms with Crippen molar-refractivity contribution in [3.05, 3.63) is 42.2 Å². The van der Waals surface area contributed by atoms with Gasteiger partial charge in [-0.25, -0.2) is 14.8 Å². The molecule has 3 aromatic rings. The minimum atomic E-state index is -1.07. The molecule has 1 fully saturated rings. The summed E-state index contributed by atoms with van der Waals surface area (Å²) in [5.41, 5.74) is 3.20. The maximum Gasteiger partial charge on any atom is 0.354 e. The Morgan fingerprint density at radius 2 is 2.00 bits per heavy atom. The van der Waals surface area contributed by atoms with Crippen molar-refractivity contribution >= 4 is 22.8 Å². The first-order valence-electron chi connectivity index (χ1n) is 7.56. The van der Waals surface area contributed by atoms with Crippen LogP contribution in [0.15, 0.2) is 40.9 Å². The molecule has 0 amide bonds. The normalized spacial score (nSPS) is 14.5. The summed E-state index contributed by atoms with van der Waals surface area (Å²) in [7, 11) is 0. The van der Waals surface area contributed by atoms with Crippen LogP contribution in [0.25, 0.3) is 22.6 Å². The van der Waals surface area contributed by atoms with E-state index in [2.05, 4.69) is 14.9 Å². The van der Waals surface area contributed by atoms with E-state index in [9.17, 15) is 4.79 Å². The molecule has 0 atom stereocenters. The highest BCUT2D eigenvalue weighted by atomic mass is 16.4. The maximum absolute atomic E-state index is 11.0. The van der Waals surface area contributed by atoms with Crippen LogP contribution < -0.4 is 4.90 Å². The lowest BCUT2D eigenvalue weighted by atomic mass is 10.2. The summed E-state index contributed by atoms with van der Waals surface area (Å²) in [4.78, 5) is 21.7. The number of benzene rings is 1. The fraction of sp³-hybridized carbons (Fsp3) is 0.235. The van der Waals surface area contributed by atoms with Gasteiger partial charge in [0.1, 0.15) is 11.2 Å². The molecule has 0 spiro atoms. The zero-order valence-electron chi connectivity index (χ0n) is 12.4. The number of hydrogen-bond donors (Lipinski definition) is 1. The predicted octanol–water partition coefficient (Wildman–Crippen LogP) is 3.19.